The maximum Gasteiger partial charge on any atom is 0.125 e. The van der Waals surface area contributed by atoms with Crippen molar-refractivity contribution < 1.29 is 4.39 Å². The van der Waals surface area contributed by atoms with E-state index in [2.05, 4.69) is 13.8 Å². The molecule has 0 aliphatic rings. The first-order valence-corrected chi connectivity index (χ1v) is 5.50. The summed E-state index contributed by atoms with van der Waals surface area (Å²) >= 11 is 0. The Balaban J connectivity index is 2.76. The van der Waals surface area contributed by atoms with Crippen LogP contribution >= 0.6 is 0 Å². The first kappa shape index (κ1) is 11.1. The number of rotatable bonds is 2. The van der Waals surface area contributed by atoms with Crippen molar-refractivity contribution in [1.29, 1.82) is 0 Å². The lowest BCUT2D eigenvalue weighted by atomic mass is 10.0. The predicted molar refractivity (Wildman–Crippen MR) is 65.1 cm³/mol. The molecule has 1 heterocycles. The molecule has 0 bridgehead atoms. The van der Waals surface area contributed by atoms with Crippen molar-refractivity contribution in [3.8, 4) is 0 Å². The van der Waals surface area contributed by atoms with Crippen LogP contribution in [0.1, 0.15) is 24.1 Å². The third-order valence-corrected chi connectivity index (χ3v) is 3.29. The van der Waals surface area contributed by atoms with Crippen molar-refractivity contribution in [2.75, 3.05) is 6.54 Å². The van der Waals surface area contributed by atoms with Gasteiger partial charge in [-0.1, -0.05) is 6.92 Å². The molecule has 0 aliphatic carbocycles. The monoisotopic (exact) mass is 220 g/mol. The molecule has 1 aromatic carbocycles. The van der Waals surface area contributed by atoms with Gasteiger partial charge in [-0.15, -0.1) is 0 Å². The number of halogens is 1. The molecule has 0 amide bonds. The largest absolute Gasteiger partial charge is 0.347 e. The number of hydrogen-bond acceptors (Lipinski definition) is 1. The van der Waals surface area contributed by atoms with E-state index in [-0.39, 0.29) is 5.82 Å². The second-order valence-corrected chi connectivity index (χ2v) is 4.37. The zero-order valence-corrected chi connectivity index (χ0v) is 9.92. The van der Waals surface area contributed by atoms with Gasteiger partial charge in [0.2, 0.25) is 0 Å². The predicted octanol–water partition coefficient (Wildman–Crippen LogP) is 2.69. The van der Waals surface area contributed by atoms with Gasteiger partial charge in [-0.05, 0) is 30.7 Å². The number of nitrogens with two attached hydrogens (primary N) is 1. The summed E-state index contributed by atoms with van der Waals surface area (Å²) in [6.07, 6.45) is 0. The molecule has 2 nitrogen and oxygen atoms in total. The highest BCUT2D eigenvalue weighted by Crippen LogP contribution is 2.29. The van der Waals surface area contributed by atoms with E-state index in [1.165, 1.54) is 17.3 Å². The fraction of sp³-hybridized carbons (Fsp3) is 0.385. The summed E-state index contributed by atoms with van der Waals surface area (Å²) in [5, 5.41) is 1.11. The molecule has 1 atom stereocenters. The second kappa shape index (κ2) is 3.91. The Hall–Kier alpha value is -1.35. The molecule has 1 unspecified atom stereocenters. The smallest absolute Gasteiger partial charge is 0.125 e. The maximum absolute atomic E-state index is 13.2. The summed E-state index contributed by atoms with van der Waals surface area (Å²) in [5.41, 5.74) is 9.05. The van der Waals surface area contributed by atoms with E-state index in [1.54, 1.807) is 6.07 Å². The average Bonchev–Trinajstić information content (AvgIpc) is 2.51. The van der Waals surface area contributed by atoms with Crippen molar-refractivity contribution >= 4 is 10.9 Å². The lowest BCUT2D eigenvalue weighted by Crippen LogP contribution is -2.13. The van der Waals surface area contributed by atoms with Crippen LogP contribution in [0.2, 0.25) is 0 Å². The van der Waals surface area contributed by atoms with Gasteiger partial charge >= 0.3 is 0 Å². The molecule has 2 aromatic rings. The SMILES string of the molecule is Cc1c(C(C)CN)n(C)c2cc(F)ccc12. The van der Waals surface area contributed by atoms with Crippen LogP contribution in [0.25, 0.3) is 10.9 Å². The van der Waals surface area contributed by atoms with E-state index < -0.39 is 0 Å². The van der Waals surface area contributed by atoms with Crippen molar-refractivity contribution in [1.82, 2.24) is 4.57 Å². The number of nitrogens with zero attached hydrogens (tertiary/aromatic N) is 1. The zero-order chi connectivity index (χ0) is 11.9. The molecular weight excluding hydrogens is 203 g/mol. The molecule has 1 aromatic heterocycles. The van der Waals surface area contributed by atoms with Gasteiger partial charge in [-0.25, -0.2) is 4.39 Å². The molecule has 0 aliphatic heterocycles. The van der Waals surface area contributed by atoms with Gasteiger partial charge in [0.05, 0.1) is 5.52 Å². The zero-order valence-electron chi connectivity index (χ0n) is 9.92. The van der Waals surface area contributed by atoms with Crippen LogP contribution in [0.5, 0.6) is 0 Å². The van der Waals surface area contributed by atoms with Gasteiger partial charge < -0.3 is 10.3 Å². The quantitative estimate of drug-likeness (QED) is 0.828. The Morgan fingerprint density at radius 1 is 1.44 bits per heavy atom. The first-order chi connectivity index (χ1) is 7.56. The Bertz CT molecular complexity index is 528. The Kier molecular flexibility index (Phi) is 2.72. The highest BCUT2D eigenvalue weighted by Gasteiger charge is 2.16. The van der Waals surface area contributed by atoms with Gasteiger partial charge in [0.1, 0.15) is 5.82 Å². The standard InChI is InChI=1S/C13H17FN2/c1-8(7-15)13-9(2)11-5-4-10(14)6-12(11)16(13)3/h4-6,8H,7,15H2,1-3H3. The summed E-state index contributed by atoms with van der Waals surface area (Å²) in [5.74, 6) is 0.0977. The van der Waals surface area contributed by atoms with Gasteiger partial charge in [0.25, 0.3) is 0 Å². The minimum atomic E-state index is -0.194. The Morgan fingerprint density at radius 2 is 2.12 bits per heavy atom. The molecule has 2 N–H and O–H groups in total. The van der Waals surface area contributed by atoms with Gasteiger partial charge in [-0.2, -0.15) is 0 Å². The maximum atomic E-state index is 13.2. The average molecular weight is 220 g/mol. The second-order valence-electron chi connectivity index (χ2n) is 4.37. The molecule has 2 rings (SSSR count). The summed E-state index contributed by atoms with van der Waals surface area (Å²) < 4.78 is 15.2. The van der Waals surface area contributed by atoms with E-state index in [9.17, 15) is 4.39 Å². The van der Waals surface area contributed by atoms with Crippen LogP contribution in [-0.2, 0) is 7.05 Å². The van der Waals surface area contributed by atoms with Crippen LogP contribution in [-0.4, -0.2) is 11.1 Å². The van der Waals surface area contributed by atoms with Crippen molar-refractivity contribution in [3.05, 3.63) is 35.3 Å². The Labute approximate surface area is 94.9 Å². The molecule has 86 valence electrons. The molecule has 0 fully saturated rings. The number of hydrogen-bond donors (Lipinski definition) is 1. The third-order valence-electron chi connectivity index (χ3n) is 3.29. The van der Waals surface area contributed by atoms with Gasteiger partial charge in [0.15, 0.2) is 0 Å². The van der Waals surface area contributed by atoms with Crippen LogP contribution in [0.15, 0.2) is 18.2 Å². The van der Waals surface area contributed by atoms with Crippen molar-refractivity contribution in [3.63, 3.8) is 0 Å². The highest BCUT2D eigenvalue weighted by atomic mass is 19.1. The normalized spacial score (nSPS) is 13.3. The summed E-state index contributed by atoms with van der Waals surface area (Å²) in [6, 6.07) is 4.92. The summed E-state index contributed by atoms with van der Waals surface area (Å²) in [4.78, 5) is 0. The number of benzene rings is 1. The summed E-state index contributed by atoms with van der Waals surface area (Å²) in [7, 11) is 1.97. The molecule has 3 heteroatoms. The molecular formula is C13H17FN2. The Morgan fingerprint density at radius 3 is 2.75 bits per heavy atom. The van der Waals surface area contributed by atoms with E-state index in [0.717, 1.165) is 10.9 Å². The topological polar surface area (TPSA) is 30.9 Å². The third kappa shape index (κ3) is 1.52. The first-order valence-electron chi connectivity index (χ1n) is 5.50. The number of aryl methyl sites for hydroxylation is 2. The summed E-state index contributed by atoms with van der Waals surface area (Å²) in [6.45, 7) is 4.77. The minimum absolute atomic E-state index is 0.194. The van der Waals surface area contributed by atoms with Crippen LogP contribution in [0.4, 0.5) is 4.39 Å². The van der Waals surface area contributed by atoms with Gasteiger partial charge in [0, 0.05) is 30.6 Å². The molecule has 0 saturated heterocycles. The lowest BCUT2D eigenvalue weighted by molar-refractivity contribution is 0.628. The van der Waals surface area contributed by atoms with Crippen molar-refractivity contribution in [2.45, 2.75) is 19.8 Å². The van der Waals surface area contributed by atoms with Gasteiger partial charge in [-0.3, -0.25) is 0 Å². The van der Waals surface area contributed by atoms with Crippen molar-refractivity contribution in [2.24, 2.45) is 12.8 Å². The molecule has 0 radical (unpaired) electrons. The highest BCUT2D eigenvalue weighted by molar-refractivity contribution is 5.85. The van der Waals surface area contributed by atoms with Crippen LogP contribution in [0.3, 0.4) is 0 Å². The number of fused-ring (bicyclic) bond motifs is 1. The van der Waals surface area contributed by atoms with E-state index >= 15 is 0 Å². The van der Waals surface area contributed by atoms with Crippen LogP contribution < -0.4 is 5.73 Å². The fourth-order valence-electron chi connectivity index (χ4n) is 2.43. The lowest BCUT2D eigenvalue weighted by Gasteiger charge is -2.12. The molecule has 16 heavy (non-hydrogen) atoms. The van der Waals surface area contributed by atoms with Crippen LogP contribution in [0, 0.1) is 12.7 Å². The van der Waals surface area contributed by atoms with E-state index in [1.807, 2.05) is 17.7 Å². The minimum Gasteiger partial charge on any atom is -0.347 e. The molecule has 0 spiro atoms. The fourth-order valence-corrected chi connectivity index (χ4v) is 2.43. The molecule has 0 saturated carbocycles. The van der Waals surface area contributed by atoms with E-state index in [4.69, 9.17) is 5.73 Å². The van der Waals surface area contributed by atoms with E-state index in [0.29, 0.717) is 12.5 Å². The number of aromatic nitrogens is 1.